The molecule has 82 valence electrons. The van der Waals surface area contributed by atoms with Crippen molar-refractivity contribution in [3.8, 4) is 0 Å². The number of amides is 1. The molecule has 0 spiro atoms. The van der Waals surface area contributed by atoms with Gasteiger partial charge in [-0.1, -0.05) is 12.1 Å². The second-order valence-electron chi connectivity index (χ2n) is 3.29. The number of nitrogens with two attached hydrogens (primary N) is 1. The van der Waals surface area contributed by atoms with Gasteiger partial charge in [-0.15, -0.1) is 5.10 Å². The number of hydrogen-bond acceptors (Lipinski definition) is 4. The summed E-state index contributed by atoms with van der Waals surface area (Å²) < 4.78 is 0. The molecule has 6 nitrogen and oxygen atoms in total. The SMILES string of the molecule is Cc1nc(C(=O)Nc2ccccc2N)n[nH]1. The molecule has 0 aliphatic heterocycles. The number of nitrogen functional groups attached to an aromatic ring is 1. The Bertz CT molecular complexity index is 519. The van der Waals surface area contributed by atoms with Crippen LogP contribution in [0.1, 0.15) is 16.4 Å². The molecule has 2 aromatic rings. The second-order valence-corrected chi connectivity index (χ2v) is 3.29. The number of aryl methyl sites for hydroxylation is 1. The fourth-order valence-corrected chi connectivity index (χ4v) is 1.23. The third-order valence-corrected chi connectivity index (χ3v) is 2.01. The predicted octanol–water partition coefficient (Wildman–Crippen LogP) is 0.948. The molecule has 0 atom stereocenters. The fraction of sp³-hybridized carbons (Fsp3) is 0.100. The van der Waals surface area contributed by atoms with E-state index in [2.05, 4.69) is 20.5 Å². The van der Waals surface area contributed by atoms with E-state index in [4.69, 9.17) is 5.73 Å². The van der Waals surface area contributed by atoms with Crippen molar-refractivity contribution in [2.75, 3.05) is 11.1 Å². The van der Waals surface area contributed by atoms with Crippen LogP contribution in [0.2, 0.25) is 0 Å². The van der Waals surface area contributed by atoms with Crippen LogP contribution in [0.3, 0.4) is 0 Å². The number of rotatable bonds is 2. The third kappa shape index (κ3) is 2.00. The monoisotopic (exact) mass is 217 g/mol. The molecule has 0 fully saturated rings. The number of nitrogens with zero attached hydrogens (tertiary/aromatic N) is 2. The summed E-state index contributed by atoms with van der Waals surface area (Å²) in [5.41, 5.74) is 6.74. The van der Waals surface area contributed by atoms with Crippen LogP contribution >= 0.6 is 0 Å². The summed E-state index contributed by atoms with van der Waals surface area (Å²) in [5.74, 6) is 0.300. The highest BCUT2D eigenvalue weighted by Gasteiger charge is 2.11. The van der Waals surface area contributed by atoms with Crippen LogP contribution in [-0.4, -0.2) is 21.1 Å². The first-order valence-corrected chi connectivity index (χ1v) is 4.71. The highest BCUT2D eigenvalue weighted by atomic mass is 16.2. The van der Waals surface area contributed by atoms with Crippen molar-refractivity contribution in [1.29, 1.82) is 0 Å². The van der Waals surface area contributed by atoms with E-state index >= 15 is 0 Å². The molecule has 0 bridgehead atoms. The Hall–Kier alpha value is -2.37. The summed E-state index contributed by atoms with van der Waals surface area (Å²) in [6.07, 6.45) is 0. The summed E-state index contributed by atoms with van der Waals surface area (Å²) in [4.78, 5) is 15.6. The predicted molar refractivity (Wildman–Crippen MR) is 59.9 cm³/mol. The zero-order valence-corrected chi connectivity index (χ0v) is 8.69. The van der Waals surface area contributed by atoms with Gasteiger partial charge >= 0.3 is 0 Å². The van der Waals surface area contributed by atoms with Crippen molar-refractivity contribution >= 4 is 17.3 Å². The van der Waals surface area contributed by atoms with Gasteiger partial charge < -0.3 is 11.1 Å². The molecule has 0 saturated carbocycles. The molecule has 0 aliphatic rings. The molecular weight excluding hydrogens is 206 g/mol. The molecule has 0 saturated heterocycles. The first kappa shape index (κ1) is 10.2. The van der Waals surface area contributed by atoms with E-state index in [-0.39, 0.29) is 11.7 Å². The highest BCUT2D eigenvalue weighted by molar-refractivity contribution is 6.03. The van der Waals surface area contributed by atoms with E-state index in [1.165, 1.54) is 0 Å². The van der Waals surface area contributed by atoms with E-state index in [1.807, 2.05) is 0 Å². The normalized spacial score (nSPS) is 10.1. The van der Waals surface area contributed by atoms with E-state index in [9.17, 15) is 4.79 Å². The molecule has 1 heterocycles. The summed E-state index contributed by atoms with van der Waals surface area (Å²) in [5, 5.41) is 8.98. The summed E-state index contributed by atoms with van der Waals surface area (Å²) in [7, 11) is 0. The van der Waals surface area contributed by atoms with Gasteiger partial charge in [-0.05, 0) is 19.1 Å². The lowest BCUT2D eigenvalue weighted by molar-refractivity contribution is 0.101. The Morgan fingerprint density at radius 2 is 2.19 bits per heavy atom. The molecule has 6 heteroatoms. The molecule has 0 radical (unpaired) electrons. The average molecular weight is 217 g/mol. The van der Waals surface area contributed by atoms with E-state index in [1.54, 1.807) is 31.2 Å². The van der Waals surface area contributed by atoms with Crippen LogP contribution < -0.4 is 11.1 Å². The van der Waals surface area contributed by atoms with Crippen LogP contribution in [0.4, 0.5) is 11.4 Å². The standard InChI is InChI=1S/C10H11N5O/c1-6-12-9(15-14-6)10(16)13-8-5-3-2-4-7(8)11/h2-5H,11H2,1H3,(H,13,16)(H,12,14,15). The van der Waals surface area contributed by atoms with Crippen molar-refractivity contribution in [3.05, 3.63) is 35.9 Å². The van der Waals surface area contributed by atoms with Crippen LogP contribution in [0.25, 0.3) is 0 Å². The highest BCUT2D eigenvalue weighted by Crippen LogP contribution is 2.16. The van der Waals surface area contributed by atoms with Gasteiger partial charge in [-0.3, -0.25) is 9.89 Å². The second kappa shape index (κ2) is 4.01. The number of carbonyl (C=O) groups excluding carboxylic acids is 1. The molecule has 2 rings (SSSR count). The number of para-hydroxylation sites is 2. The van der Waals surface area contributed by atoms with Crippen molar-refractivity contribution in [1.82, 2.24) is 15.2 Å². The Morgan fingerprint density at radius 3 is 2.81 bits per heavy atom. The van der Waals surface area contributed by atoms with Crippen LogP contribution in [0.15, 0.2) is 24.3 Å². The lowest BCUT2D eigenvalue weighted by Crippen LogP contribution is -2.14. The number of H-pyrrole nitrogens is 1. The maximum absolute atomic E-state index is 11.7. The zero-order valence-electron chi connectivity index (χ0n) is 8.69. The number of aromatic nitrogens is 3. The van der Waals surface area contributed by atoms with Gasteiger partial charge in [0.05, 0.1) is 11.4 Å². The van der Waals surface area contributed by atoms with Gasteiger partial charge in [0.2, 0.25) is 5.82 Å². The van der Waals surface area contributed by atoms with E-state index in [0.717, 1.165) is 0 Å². The Labute approximate surface area is 91.9 Å². The number of anilines is 2. The summed E-state index contributed by atoms with van der Waals surface area (Å²) in [6.45, 7) is 1.72. The van der Waals surface area contributed by atoms with Crippen LogP contribution in [0, 0.1) is 6.92 Å². The first-order valence-electron chi connectivity index (χ1n) is 4.71. The van der Waals surface area contributed by atoms with Gasteiger partial charge in [0.15, 0.2) is 0 Å². The molecule has 1 aromatic heterocycles. The minimum absolute atomic E-state index is 0.0979. The number of hydrogen-bond donors (Lipinski definition) is 3. The number of aromatic amines is 1. The van der Waals surface area contributed by atoms with Gasteiger partial charge in [0.1, 0.15) is 5.82 Å². The molecule has 4 N–H and O–H groups in total. The largest absolute Gasteiger partial charge is 0.397 e. The van der Waals surface area contributed by atoms with Gasteiger partial charge in [0.25, 0.3) is 5.91 Å². The first-order chi connectivity index (χ1) is 7.66. The topological polar surface area (TPSA) is 96.7 Å². The fourth-order valence-electron chi connectivity index (χ4n) is 1.23. The van der Waals surface area contributed by atoms with E-state index < -0.39 is 0 Å². The summed E-state index contributed by atoms with van der Waals surface area (Å²) >= 11 is 0. The zero-order chi connectivity index (χ0) is 11.5. The summed E-state index contributed by atoms with van der Waals surface area (Å²) in [6, 6.07) is 7.00. The van der Waals surface area contributed by atoms with Crippen molar-refractivity contribution in [3.63, 3.8) is 0 Å². The molecule has 1 amide bonds. The quantitative estimate of drug-likeness (QED) is 0.652. The van der Waals surface area contributed by atoms with Gasteiger partial charge in [-0.2, -0.15) is 0 Å². The van der Waals surface area contributed by atoms with Crippen molar-refractivity contribution < 1.29 is 4.79 Å². The third-order valence-electron chi connectivity index (χ3n) is 2.01. The van der Waals surface area contributed by atoms with Crippen molar-refractivity contribution in [2.24, 2.45) is 0 Å². The Morgan fingerprint density at radius 1 is 1.44 bits per heavy atom. The maximum atomic E-state index is 11.7. The molecular formula is C10H11N5O. The lowest BCUT2D eigenvalue weighted by Gasteiger charge is -2.04. The minimum Gasteiger partial charge on any atom is -0.397 e. The Balaban J connectivity index is 2.17. The minimum atomic E-state index is -0.387. The molecule has 16 heavy (non-hydrogen) atoms. The van der Waals surface area contributed by atoms with E-state index in [0.29, 0.717) is 17.2 Å². The van der Waals surface area contributed by atoms with Crippen molar-refractivity contribution in [2.45, 2.75) is 6.92 Å². The maximum Gasteiger partial charge on any atom is 0.295 e. The van der Waals surface area contributed by atoms with Crippen LogP contribution in [0.5, 0.6) is 0 Å². The number of benzene rings is 1. The van der Waals surface area contributed by atoms with Gasteiger partial charge in [-0.25, -0.2) is 4.98 Å². The lowest BCUT2D eigenvalue weighted by atomic mass is 10.2. The number of carbonyl (C=O) groups is 1. The molecule has 1 aromatic carbocycles. The Kier molecular flexibility index (Phi) is 2.55. The molecule has 0 aliphatic carbocycles. The molecule has 0 unspecified atom stereocenters. The average Bonchev–Trinajstić information content (AvgIpc) is 2.68. The number of nitrogens with one attached hydrogen (secondary N) is 2. The van der Waals surface area contributed by atoms with Crippen LogP contribution in [-0.2, 0) is 0 Å². The smallest absolute Gasteiger partial charge is 0.295 e. The van der Waals surface area contributed by atoms with Gasteiger partial charge in [0, 0.05) is 0 Å².